The van der Waals surface area contributed by atoms with E-state index in [2.05, 4.69) is 130 Å². The van der Waals surface area contributed by atoms with E-state index in [1.165, 1.54) is 27.4 Å². The Balaban J connectivity index is 0.000000198. The van der Waals surface area contributed by atoms with E-state index in [9.17, 15) is 0 Å². The van der Waals surface area contributed by atoms with Crippen molar-refractivity contribution < 1.29 is 24.5 Å². The molecule has 247 valence electrons. The normalized spacial score (nSPS) is 11.4. The summed E-state index contributed by atoms with van der Waals surface area (Å²) in [6, 6.07) is 41.8. The molecule has 3 heterocycles. The third-order valence-corrected chi connectivity index (χ3v) is 11.0. The summed E-state index contributed by atoms with van der Waals surface area (Å²) in [5, 5.41) is 3.63. The Morgan fingerprint density at radius 1 is 0.714 bits per heavy atom. The van der Waals surface area contributed by atoms with Crippen LogP contribution in [0.2, 0.25) is 19.6 Å². The van der Waals surface area contributed by atoms with Crippen LogP contribution in [-0.4, -0.2) is 22.6 Å². The topological polar surface area (TPSA) is 43.9 Å². The first-order chi connectivity index (χ1) is 23.1. The van der Waals surface area contributed by atoms with E-state index in [4.69, 9.17) is 9.40 Å². The summed E-state index contributed by atoms with van der Waals surface area (Å²) >= 11 is 0. The Morgan fingerprint density at radius 3 is 2.14 bits per heavy atom. The van der Waals surface area contributed by atoms with Gasteiger partial charge in [0, 0.05) is 37.4 Å². The second-order valence-electron chi connectivity index (χ2n) is 13.6. The smallest absolute Gasteiger partial charge is 0.120 e. The molecule has 0 aliphatic carbocycles. The molecule has 0 fully saturated rings. The van der Waals surface area contributed by atoms with Gasteiger partial charge < -0.3 is 14.0 Å². The molecule has 0 atom stereocenters. The monoisotopic (exact) mass is 834 g/mol. The van der Waals surface area contributed by atoms with Gasteiger partial charge in [0.25, 0.3) is 0 Å². The minimum Gasteiger partial charge on any atom is -0.501 e. The minimum absolute atomic E-state index is 0. The fraction of sp³-hybridized carbons (Fsp3) is 0.163. The zero-order valence-electron chi connectivity index (χ0n) is 29.0. The van der Waals surface area contributed by atoms with Crippen molar-refractivity contribution in [1.29, 1.82) is 0 Å². The Hall–Kier alpha value is -4.61. The third-order valence-electron chi connectivity index (χ3n) is 8.89. The van der Waals surface area contributed by atoms with Crippen LogP contribution in [-0.2, 0) is 20.1 Å². The number of aromatic nitrogens is 3. The number of hydrogen-bond acceptors (Lipinski definition) is 3. The predicted octanol–water partition coefficient (Wildman–Crippen LogP) is 10.7. The molecule has 0 unspecified atom stereocenters. The number of rotatable bonds is 4. The van der Waals surface area contributed by atoms with Crippen LogP contribution in [0.1, 0.15) is 22.3 Å². The van der Waals surface area contributed by atoms with Gasteiger partial charge in [-0.3, -0.25) is 4.98 Å². The van der Waals surface area contributed by atoms with Crippen LogP contribution < -0.4 is 5.19 Å². The average molecular weight is 834 g/mol. The summed E-state index contributed by atoms with van der Waals surface area (Å²) in [6.07, 6.45) is 2.05. The molecule has 0 amide bonds. The second-order valence-corrected chi connectivity index (χ2v) is 18.6. The van der Waals surface area contributed by atoms with Gasteiger partial charge in [0.1, 0.15) is 5.58 Å². The molecule has 0 N–H and O–H groups in total. The number of hydrogen-bond donors (Lipinski definition) is 0. The maximum atomic E-state index is 6.32. The number of imidazole rings is 1. The molecule has 0 saturated heterocycles. The van der Waals surface area contributed by atoms with Gasteiger partial charge in [-0.25, -0.2) is 0 Å². The Morgan fingerprint density at radius 2 is 1.43 bits per heavy atom. The van der Waals surface area contributed by atoms with E-state index in [1.54, 1.807) is 0 Å². The first-order valence-electron chi connectivity index (χ1n) is 16.4. The van der Waals surface area contributed by atoms with Crippen LogP contribution in [0.3, 0.4) is 0 Å². The maximum Gasteiger partial charge on any atom is 0.120 e. The van der Waals surface area contributed by atoms with Crippen LogP contribution in [0, 0.1) is 39.8 Å². The second kappa shape index (κ2) is 13.7. The Bertz CT molecular complexity index is 2410. The van der Waals surface area contributed by atoms with Gasteiger partial charge in [-0.15, -0.1) is 54.1 Å². The van der Waals surface area contributed by atoms with Gasteiger partial charge in [0.15, 0.2) is 0 Å². The molecule has 0 aliphatic heterocycles. The molecule has 8 aromatic rings. The van der Waals surface area contributed by atoms with Gasteiger partial charge in [-0.2, -0.15) is 0 Å². The first kappa shape index (κ1) is 34.3. The van der Waals surface area contributed by atoms with Crippen molar-refractivity contribution in [3.05, 3.63) is 144 Å². The molecule has 0 saturated carbocycles. The molecular formula is C43H39IrN3OSi-2. The summed E-state index contributed by atoms with van der Waals surface area (Å²) in [4.78, 5) is 9.64. The molecular weight excluding hydrogens is 795 g/mol. The molecule has 6 heteroatoms. The van der Waals surface area contributed by atoms with Gasteiger partial charge in [0.2, 0.25) is 0 Å². The van der Waals surface area contributed by atoms with E-state index in [0.717, 1.165) is 61.3 Å². The zero-order valence-corrected chi connectivity index (χ0v) is 32.4. The molecule has 0 bridgehead atoms. The number of furan rings is 1. The van der Waals surface area contributed by atoms with Crippen molar-refractivity contribution in [2.45, 2.75) is 47.3 Å². The summed E-state index contributed by atoms with van der Waals surface area (Å²) < 4.78 is 8.58. The maximum absolute atomic E-state index is 6.32. The zero-order chi connectivity index (χ0) is 33.6. The molecule has 5 aromatic carbocycles. The number of benzene rings is 5. The third kappa shape index (κ3) is 6.57. The van der Waals surface area contributed by atoms with Gasteiger partial charge in [-0.05, 0) is 67.9 Å². The molecule has 0 spiro atoms. The summed E-state index contributed by atoms with van der Waals surface area (Å²) in [5.41, 5.74) is 12.9. The van der Waals surface area contributed by atoms with Crippen molar-refractivity contribution in [3.8, 4) is 28.3 Å². The van der Waals surface area contributed by atoms with E-state index >= 15 is 0 Å². The van der Waals surface area contributed by atoms with Crippen molar-refractivity contribution in [2.75, 3.05) is 0 Å². The fourth-order valence-corrected chi connectivity index (χ4v) is 8.55. The Labute approximate surface area is 303 Å². The molecule has 0 aliphatic rings. The quantitative estimate of drug-likeness (QED) is 0.131. The van der Waals surface area contributed by atoms with Crippen LogP contribution in [0.4, 0.5) is 0 Å². The fourth-order valence-electron chi connectivity index (χ4n) is 6.84. The number of pyridine rings is 1. The molecule has 4 nitrogen and oxygen atoms in total. The van der Waals surface area contributed by atoms with E-state index in [1.807, 2.05) is 48.5 Å². The number of para-hydroxylation sites is 3. The minimum atomic E-state index is -1.27. The van der Waals surface area contributed by atoms with Crippen LogP contribution >= 0.6 is 0 Å². The van der Waals surface area contributed by atoms with Crippen molar-refractivity contribution in [3.63, 3.8) is 0 Å². The number of fused-ring (bicyclic) bond motifs is 4. The molecule has 8 rings (SSSR count). The largest absolute Gasteiger partial charge is 0.501 e. The van der Waals surface area contributed by atoms with E-state index in [0.29, 0.717) is 0 Å². The number of nitrogens with zero attached hydrogens (tertiary/aromatic N) is 3. The van der Waals surface area contributed by atoms with Crippen molar-refractivity contribution >= 4 is 46.2 Å². The van der Waals surface area contributed by atoms with E-state index < -0.39 is 8.07 Å². The van der Waals surface area contributed by atoms with Crippen molar-refractivity contribution in [2.24, 2.45) is 0 Å². The Kier molecular flexibility index (Phi) is 9.59. The summed E-state index contributed by atoms with van der Waals surface area (Å²) in [7, 11) is -1.27. The standard InChI is InChI=1S/C28H21N2O.C15H18NSi.Ir/c1-17-15-18(2)26(19(3)16-17)30-24-13-6-5-12-23(24)29-28(30)22-11-8-10-21-20-9-4-7-14-25(20)31-27(21)22;1-12-10-14(13-8-6-5-7-9-13)16-11-15(12)17(2,3)4;/h4-10,12-16H,1-3H3;5-8,10-11H,1-4H3;/q2*-1;. The first-order valence-corrected chi connectivity index (χ1v) is 19.9. The summed E-state index contributed by atoms with van der Waals surface area (Å²) in [6.45, 7) is 15.7. The van der Waals surface area contributed by atoms with Gasteiger partial charge in [-0.1, -0.05) is 90.2 Å². The SMILES string of the molecule is Cc1cc(-c2[c-]cccc2)ncc1[Si](C)(C)C.Cc1cc(C)c(-n2c(-c3[c-]ccc4c3oc3ccccc34)nc3ccccc32)c(C)c1.[Ir]. The van der Waals surface area contributed by atoms with Crippen LogP contribution in [0.5, 0.6) is 0 Å². The van der Waals surface area contributed by atoms with Crippen molar-refractivity contribution in [1.82, 2.24) is 14.5 Å². The predicted molar refractivity (Wildman–Crippen MR) is 203 cm³/mol. The molecule has 1 radical (unpaired) electrons. The number of aryl methyl sites for hydroxylation is 4. The van der Waals surface area contributed by atoms with Crippen LogP contribution in [0.15, 0.2) is 114 Å². The summed E-state index contributed by atoms with van der Waals surface area (Å²) in [5.74, 6) is 0.848. The van der Waals surface area contributed by atoms with Crippen LogP contribution in [0.25, 0.3) is 61.3 Å². The molecule has 49 heavy (non-hydrogen) atoms. The average Bonchev–Trinajstić information content (AvgIpc) is 3.63. The molecule has 3 aromatic heterocycles. The van der Waals surface area contributed by atoms with E-state index in [-0.39, 0.29) is 20.1 Å². The van der Waals surface area contributed by atoms with Gasteiger partial charge >= 0.3 is 0 Å². The van der Waals surface area contributed by atoms with Gasteiger partial charge in [0.05, 0.1) is 30.5 Å².